The number of aromatic nitrogens is 5. The molecule has 6 aromatic rings. The normalized spacial score (nSPS) is 19.7. The fraction of sp³-hybridized carbons (Fsp3) is 0.420. The number of aliphatic imine (C=N–C) groups is 1. The number of thiophene rings is 1. The third-order valence-electron chi connectivity index (χ3n) is 13.2. The zero-order valence-corrected chi connectivity index (χ0v) is 41.5. The SMILES string of the molecule is C=C(NCc1ccc(-c2scnc2C)cc1)[C@@H]1C[C@@H](O)CN1C(=O)[C@@H](c1cc(OCCN2CC[C@@H](NC(=O)C[C@@H]3N=C(c4ccc(Cl)cc4)c4c(sc(C)c4C)-n4c(C)nnc43)C2)no1)C(C)C. The molecule has 15 nitrogen and oxygen atoms in total. The van der Waals surface area contributed by atoms with E-state index in [0.29, 0.717) is 60.8 Å². The van der Waals surface area contributed by atoms with Gasteiger partial charge in [0.2, 0.25) is 11.8 Å². The van der Waals surface area contributed by atoms with Crippen LogP contribution in [0, 0.1) is 33.6 Å². The summed E-state index contributed by atoms with van der Waals surface area (Å²) in [5.41, 5.74) is 9.63. The van der Waals surface area contributed by atoms with Crippen LogP contribution in [0.4, 0.5) is 0 Å². The van der Waals surface area contributed by atoms with Gasteiger partial charge < -0.3 is 29.9 Å². The van der Waals surface area contributed by atoms with Crippen molar-refractivity contribution in [1.82, 2.24) is 45.3 Å². The van der Waals surface area contributed by atoms with Crippen LogP contribution in [0.25, 0.3) is 15.4 Å². The van der Waals surface area contributed by atoms with Crippen LogP contribution in [0.3, 0.4) is 0 Å². The Morgan fingerprint density at radius 2 is 1.81 bits per heavy atom. The first-order valence-corrected chi connectivity index (χ1v) is 25.2. The van der Waals surface area contributed by atoms with E-state index < -0.39 is 24.1 Å². The number of fused-ring (bicyclic) bond motifs is 3. The molecular formula is C50H57ClN10O5S2. The topological polar surface area (TPSA) is 176 Å². The number of ether oxygens (including phenoxy) is 1. The van der Waals surface area contributed by atoms with Crippen molar-refractivity contribution >= 4 is 51.8 Å². The van der Waals surface area contributed by atoms with Gasteiger partial charge in [0.05, 0.1) is 40.4 Å². The van der Waals surface area contributed by atoms with Gasteiger partial charge in [-0.05, 0) is 74.0 Å². The number of hydrogen-bond acceptors (Lipinski definition) is 14. The summed E-state index contributed by atoms with van der Waals surface area (Å²) in [7, 11) is 0. The minimum atomic E-state index is -0.676. The Labute approximate surface area is 409 Å². The number of carbonyl (C=O) groups is 2. The molecule has 0 unspecified atom stereocenters. The Kier molecular flexibility index (Phi) is 14.0. The number of rotatable bonds is 16. The van der Waals surface area contributed by atoms with Gasteiger partial charge in [-0.3, -0.25) is 24.0 Å². The van der Waals surface area contributed by atoms with Gasteiger partial charge in [0.25, 0.3) is 5.88 Å². The zero-order chi connectivity index (χ0) is 47.8. The van der Waals surface area contributed by atoms with Crippen LogP contribution in [-0.4, -0.2) is 108 Å². The molecule has 0 bridgehead atoms. The first-order chi connectivity index (χ1) is 32.7. The number of β-amino-alcohol motifs (C(OH)–C–C–N with tert-alkyl or cyclic N) is 1. The predicted octanol–water partition coefficient (Wildman–Crippen LogP) is 7.88. The summed E-state index contributed by atoms with van der Waals surface area (Å²) in [6.45, 7) is 19.5. The van der Waals surface area contributed by atoms with Gasteiger partial charge in [0.1, 0.15) is 29.4 Å². The second-order valence-corrected chi connectivity index (χ2v) is 20.8. The minimum absolute atomic E-state index is 0.0415. The first kappa shape index (κ1) is 47.4. The number of hydrogen-bond donors (Lipinski definition) is 3. The molecule has 356 valence electrons. The molecule has 5 atom stereocenters. The molecule has 4 aromatic heterocycles. The van der Waals surface area contributed by atoms with Crippen LogP contribution in [0.2, 0.25) is 5.02 Å². The number of aryl methyl sites for hydroxylation is 3. The maximum absolute atomic E-state index is 14.3. The van der Waals surface area contributed by atoms with Gasteiger partial charge in [0, 0.05) is 78.0 Å². The number of benzene rings is 2. The smallest absolute Gasteiger partial charge is 0.254 e. The molecular weight excluding hydrogens is 920 g/mol. The summed E-state index contributed by atoms with van der Waals surface area (Å²) in [5.74, 6) is 1.07. The lowest BCUT2D eigenvalue weighted by Crippen LogP contribution is -2.43. The molecule has 3 aliphatic rings. The minimum Gasteiger partial charge on any atom is -0.474 e. The van der Waals surface area contributed by atoms with Crippen molar-refractivity contribution in [1.29, 1.82) is 0 Å². The van der Waals surface area contributed by atoms with Crippen molar-refractivity contribution < 1.29 is 24.0 Å². The quantitative estimate of drug-likeness (QED) is 0.0860. The Balaban J connectivity index is 0.776. The highest BCUT2D eigenvalue weighted by molar-refractivity contribution is 7.15. The number of likely N-dealkylation sites (tertiary alicyclic amines) is 2. The molecule has 0 radical (unpaired) electrons. The van der Waals surface area contributed by atoms with Crippen LogP contribution < -0.4 is 15.4 Å². The summed E-state index contributed by atoms with van der Waals surface area (Å²) < 4.78 is 13.9. The lowest BCUT2D eigenvalue weighted by Gasteiger charge is -2.30. The van der Waals surface area contributed by atoms with E-state index in [1.54, 1.807) is 33.6 Å². The lowest BCUT2D eigenvalue weighted by atomic mass is 9.91. The molecule has 2 amide bonds. The summed E-state index contributed by atoms with van der Waals surface area (Å²) in [4.78, 5) is 44.0. The predicted molar refractivity (Wildman–Crippen MR) is 265 cm³/mol. The maximum atomic E-state index is 14.3. The van der Waals surface area contributed by atoms with Gasteiger partial charge in [-0.15, -0.1) is 32.9 Å². The van der Waals surface area contributed by atoms with E-state index in [1.165, 1.54) is 4.88 Å². The third-order valence-corrected chi connectivity index (χ3v) is 15.6. The van der Waals surface area contributed by atoms with Crippen LogP contribution in [0.15, 0.2) is 81.9 Å². The Morgan fingerprint density at radius 3 is 2.54 bits per heavy atom. The second kappa shape index (κ2) is 20.1. The van der Waals surface area contributed by atoms with E-state index in [2.05, 4.69) is 85.1 Å². The van der Waals surface area contributed by atoms with Crippen LogP contribution >= 0.6 is 34.3 Å². The highest BCUT2D eigenvalue weighted by Gasteiger charge is 2.42. The number of amides is 2. The van der Waals surface area contributed by atoms with Crippen molar-refractivity contribution in [3.63, 3.8) is 0 Å². The zero-order valence-electron chi connectivity index (χ0n) is 39.2. The standard InChI is InChI=1S/C50H57ClN10O5S2/c1-27(2)44(49(64)60-25-38(62)20-40(60)29(4)52-23-33-8-10-35(11-9-33)47-30(5)53-26-67-47)41-22-43(58-66-41)65-19-18-59-17-16-37(24-59)54-42(63)21-39-48-57-56-32(7)61(48)50-45(28(3)31(6)68-50)46(55-39)34-12-14-36(51)15-13-34/h8-15,22,26-27,37-40,44,52,62H,4,16-21,23-25H2,1-3,5-7H3,(H,54,63)/t37-,38-,39+,40+,44-/m1/s1. The van der Waals surface area contributed by atoms with E-state index in [-0.39, 0.29) is 36.7 Å². The van der Waals surface area contributed by atoms with Crippen molar-refractivity contribution in [3.8, 4) is 21.3 Å². The van der Waals surface area contributed by atoms with Gasteiger partial charge in [0.15, 0.2) is 11.6 Å². The molecule has 0 spiro atoms. The van der Waals surface area contributed by atoms with Gasteiger partial charge >= 0.3 is 0 Å². The Morgan fingerprint density at radius 1 is 1.04 bits per heavy atom. The number of carbonyl (C=O) groups excluding carboxylic acids is 2. The number of aliphatic hydroxyl groups excluding tert-OH is 1. The van der Waals surface area contributed by atoms with E-state index in [4.69, 9.17) is 25.9 Å². The molecule has 68 heavy (non-hydrogen) atoms. The van der Waals surface area contributed by atoms with Crippen LogP contribution in [-0.2, 0) is 16.1 Å². The van der Waals surface area contributed by atoms with E-state index in [9.17, 15) is 14.7 Å². The molecule has 2 saturated heterocycles. The lowest BCUT2D eigenvalue weighted by molar-refractivity contribution is -0.135. The molecule has 7 heterocycles. The largest absolute Gasteiger partial charge is 0.474 e. The number of thiazole rings is 1. The highest BCUT2D eigenvalue weighted by Crippen LogP contribution is 2.40. The van der Waals surface area contributed by atoms with Gasteiger partial charge in [-0.1, -0.05) is 68.4 Å². The Bertz CT molecular complexity index is 2830. The molecule has 3 aliphatic heterocycles. The average molecular weight is 978 g/mol. The van der Waals surface area contributed by atoms with Crippen molar-refractivity contribution in [2.45, 2.75) is 97.5 Å². The number of nitrogens with one attached hydrogen (secondary N) is 2. The van der Waals surface area contributed by atoms with Crippen molar-refractivity contribution in [3.05, 3.63) is 128 Å². The molecule has 0 aliphatic carbocycles. The monoisotopic (exact) mass is 976 g/mol. The number of aliphatic hydroxyl groups is 1. The summed E-state index contributed by atoms with van der Waals surface area (Å²) >= 11 is 9.58. The van der Waals surface area contributed by atoms with Gasteiger partial charge in [-0.2, -0.15) is 0 Å². The first-order valence-electron chi connectivity index (χ1n) is 23.1. The Hall–Kier alpha value is -5.72. The summed E-state index contributed by atoms with van der Waals surface area (Å²) in [6.07, 6.45) is 0.621. The summed E-state index contributed by atoms with van der Waals surface area (Å²) in [6, 6.07) is 16.7. The maximum Gasteiger partial charge on any atom is 0.254 e. The molecule has 2 aromatic carbocycles. The van der Waals surface area contributed by atoms with E-state index >= 15 is 0 Å². The highest BCUT2D eigenvalue weighted by atomic mass is 35.5. The molecule has 18 heteroatoms. The van der Waals surface area contributed by atoms with Crippen LogP contribution in [0.1, 0.15) is 95.3 Å². The number of nitrogens with zero attached hydrogens (tertiary/aromatic N) is 8. The molecule has 2 fully saturated rings. The second-order valence-electron chi connectivity index (χ2n) is 18.3. The van der Waals surface area contributed by atoms with Crippen molar-refractivity contribution in [2.24, 2.45) is 10.9 Å². The fourth-order valence-electron chi connectivity index (χ4n) is 9.50. The fourth-order valence-corrected chi connectivity index (χ4v) is 11.7. The van der Waals surface area contributed by atoms with E-state index in [1.807, 2.05) is 57.5 Å². The van der Waals surface area contributed by atoms with E-state index in [0.717, 1.165) is 67.9 Å². The van der Waals surface area contributed by atoms with Gasteiger partial charge in [-0.25, -0.2) is 4.98 Å². The molecule has 9 rings (SSSR count). The van der Waals surface area contributed by atoms with Crippen molar-refractivity contribution in [2.75, 3.05) is 32.8 Å². The average Bonchev–Trinajstić information content (AvgIpc) is 4.19. The number of halogens is 1. The molecule has 0 saturated carbocycles. The third kappa shape index (κ3) is 9.90. The summed E-state index contributed by atoms with van der Waals surface area (Å²) in [5, 5.41) is 32.3. The van der Waals surface area contributed by atoms with Crippen LogP contribution in [0.5, 0.6) is 5.88 Å². The molecule has 3 N–H and O–H groups in total.